The minimum atomic E-state index is -4.51. The molecule has 0 bridgehead atoms. The molecule has 0 aliphatic carbocycles. The molecule has 0 fully saturated rings. The zero-order chi connectivity index (χ0) is 19.6. The monoisotopic (exact) mass is 377 g/mol. The van der Waals surface area contributed by atoms with Gasteiger partial charge in [0.2, 0.25) is 0 Å². The Labute approximate surface area is 153 Å². The summed E-state index contributed by atoms with van der Waals surface area (Å²) in [5.41, 5.74) is 0.530. The lowest BCUT2D eigenvalue weighted by Crippen LogP contribution is -2.17. The fraction of sp³-hybridized carbons (Fsp3) is 0.263. The van der Waals surface area contributed by atoms with Gasteiger partial charge in [0.1, 0.15) is 17.1 Å². The maximum atomic E-state index is 13.1. The summed E-state index contributed by atoms with van der Waals surface area (Å²) in [7, 11) is 1.53. The first kappa shape index (κ1) is 18.8. The molecule has 27 heavy (non-hydrogen) atoms. The fourth-order valence-electron chi connectivity index (χ4n) is 2.78. The van der Waals surface area contributed by atoms with E-state index < -0.39 is 17.6 Å². The molecule has 0 atom stereocenters. The maximum Gasteiger partial charge on any atom is 0.417 e. The number of hydrogen-bond acceptors (Lipinski definition) is 3. The zero-order valence-electron chi connectivity index (χ0n) is 14.8. The van der Waals surface area contributed by atoms with E-state index in [1.165, 1.54) is 17.6 Å². The topological polar surface area (TPSA) is 55.6 Å². The summed E-state index contributed by atoms with van der Waals surface area (Å²) in [6.07, 6.45) is -2.41. The number of fused-ring (bicyclic) bond motifs is 1. The number of benzene rings is 1. The number of aromatic nitrogens is 2. The predicted octanol–water partition coefficient (Wildman–Crippen LogP) is 4.57. The summed E-state index contributed by atoms with van der Waals surface area (Å²) in [5, 5.41) is 2.71. The fourth-order valence-corrected chi connectivity index (χ4v) is 2.78. The first-order valence-corrected chi connectivity index (χ1v) is 8.37. The molecule has 1 amide bonds. The minimum Gasteiger partial charge on any atom is -0.497 e. The van der Waals surface area contributed by atoms with Crippen LogP contribution in [0.3, 0.4) is 0 Å². The molecule has 0 aliphatic heterocycles. The molecular weight excluding hydrogens is 359 g/mol. The Balaban J connectivity index is 2.03. The van der Waals surface area contributed by atoms with E-state index in [2.05, 4.69) is 10.3 Å². The number of rotatable bonds is 5. The van der Waals surface area contributed by atoms with Crippen LogP contribution in [0.15, 0.2) is 42.6 Å². The number of halogens is 3. The van der Waals surface area contributed by atoms with Crippen LogP contribution < -0.4 is 10.1 Å². The van der Waals surface area contributed by atoms with Gasteiger partial charge in [0.15, 0.2) is 0 Å². The number of methoxy groups -OCH3 is 1. The summed E-state index contributed by atoms with van der Waals surface area (Å²) in [5.74, 6) is 0.111. The minimum absolute atomic E-state index is 0.105. The number of ether oxygens (including phenoxy) is 1. The molecule has 0 saturated heterocycles. The van der Waals surface area contributed by atoms with Crippen molar-refractivity contribution in [1.29, 1.82) is 0 Å². The number of hydrogen-bond donors (Lipinski definition) is 1. The number of alkyl halides is 3. The summed E-state index contributed by atoms with van der Waals surface area (Å²) in [6, 6.07) is 8.90. The summed E-state index contributed by atoms with van der Waals surface area (Å²) >= 11 is 0. The van der Waals surface area contributed by atoms with Crippen molar-refractivity contribution in [2.24, 2.45) is 0 Å². The molecule has 2 heterocycles. The molecule has 3 aromatic rings. The van der Waals surface area contributed by atoms with E-state index in [4.69, 9.17) is 4.74 Å². The Hall–Kier alpha value is -3.03. The van der Waals surface area contributed by atoms with Crippen molar-refractivity contribution < 1.29 is 22.7 Å². The third kappa shape index (κ3) is 3.89. The Morgan fingerprint density at radius 1 is 1.19 bits per heavy atom. The molecule has 0 aliphatic rings. The van der Waals surface area contributed by atoms with Crippen LogP contribution in [0, 0.1) is 0 Å². The molecule has 1 N–H and O–H groups in total. The van der Waals surface area contributed by atoms with Crippen LogP contribution in [-0.4, -0.2) is 22.4 Å². The highest BCUT2D eigenvalue weighted by molar-refractivity contribution is 6.04. The number of aryl methyl sites for hydroxylation is 1. The van der Waals surface area contributed by atoms with Gasteiger partial charge < -0.3 is 10.1 Å². The number of imidazole rings is 1. The Kier molecular flexibility index (Phi) is 5.07. The Morgan fingerprint density at radius 3 is 2.48 bits per heavy atom. The summed E-state index contributed by atoms with van der Waals surface area (Å²) < 4.78 is 45.5. The lowest BCUT2D eigenvalue weighted by atomic mass is 10.2. The van der Waals surface area contributed by atoms with Crippen molar-refractivity contribution in [3.8, 4) is 5.75 Å². The maximum absolute atomic E-state index is 13.1. The van der Waals surface area contributed by atoms with Gasteiger partial charge in [-0.25, -0.2) is 4.98 Å². The van der Waals surface area contributed by atoms with Crippen LogP contribution in [-0.2, 0) is 12.6 Å². The average molecular weight is 377 g/mol. The number of amides is 1. The number of pyridine rings is 1. The van der Waals surface area contributed by atoms with E-state index in [0.29, 0.717) is 35.6 Å². The second-order valence-electron chi connectivity index (χ2n) is 5.98. The third-order valence-corrected chi connectivity index (χ3v) is 4.07. The lowest BCUT2D eigenvalue weighted by molar-refractivity contribution is -0.137. The number of carbonyl (C=O) groups excluding carboxylic acids is 1. The van der Waals surface area contributed by atoms with Crippen molar-refractivity contribution in [1.82, 2.24) is 9.38 Å². The largest absolute Gasteiger partial charge is 0.497 e. The zero-order valence-corrected chi connectivity index (χ0v) is 14.8. The number of nitrogens with one attached hydrogen (secondary N) is 1. The highest BCUT2D eigenvalue weighted by Crippen LogP contribution is 2.30. The molecule has 0 spiro atoms. The Bertz CT molecular complexity index is 963. The molecule has 142 valence electrons. The lowest BCUT2D eigenvalue weighted by Gasteiger charge is -2.10. The van der Waals surface area contributed by atoms with Gasteiger partial charge in [-0.1, -0.05) is 13.3 Å². The van der Waals surface area contributed by atoms with Gasteiger partial charge in [-0.3, -0.25) is 9.20 Å². The van der Waals surface area contributed by atoms with Crippen LogP contribution >= 0.6 is 0 Å². The SMILES string of the molecule is CCCc1nc2ccc(C(F)(F)F)cn2c1C(=O)Nc1ccc(OC)cc1. The predicted molar refractivity (Wildman–Crippen MR) is 95.1 cm³/mol. The van der Waals surface area contributed by atoms with E-state index in [-0.39, 0.29) is 5.69 Å². The van der Waals surface area contributed by atoms with Gasteiger partial charge >= 0.3 is 6.18 Å². The standard InChI is InChI=1S/C19H18F3N3O2/c1-3-4-15-17(18(26)23-13-6-8-14(27-2)9-7-13)25-11-12(19(20,21)22)5-10-16(25)24-15/h5-11H,3-4H2,1-2H3,(H,23,26). The van der Waals surface area contributed by atoms with Gasteiger partial charge in [0.05, 0.1) is 18.4 Å². The molecular formula is C19H18F3N3O2. The van der Waals surface area contributed by atoms with Gasteiger partial charge in [-0.2, -0.15) is 13.2 Å². The molecule has 8 heteroatoms. The highest BCUT2D eigenvalue weighted by Gasteiger charge is 2.32. The molecule has 5 nitrogen and oxygen atoms in total. The van der Waals surface area contributed by atoms with Crippen LogP contribution in [0.25, 0.3) is 5.65 Å². The van der Waals surface area contributed by atoms with Crippen molar-refractivity contribution in [3.05, 3.63) is 59.5 Å². The second-order valence-corrected chi connectivity index (χ2v) is 5.98. The van der Waals surface area contributed by atoms with Crippen molar-refractivity contribution in [3.63, 3.8) is 0 Å². The van der Waals surface area contributed by atoms with Gasteiger partial charge in [0.25, 0.3) is 5.91 Å². The van der Waals surface area contributed by atoms with Crippen molar-refractivity contribution in [2.45, 2.75) is 25.9 Å². The smallest absolute Gasteiger partial charge is 0.417 e. The van der Waals surface area contributed by atoms with E-state index in [9.17, 15) is 18.0 Å². The van der Waals surface area contributed by atoms with Crippen LogP contribution in [0.5, 0.6) is 5.75 Å². The quantitative estimate of drug-likeness (QED) is 0.709. The normalized spacial score (nSPS) is 11.6. The summed E-state index contributed by atoms with van der Waals surface area (Å²) in [4.78, 5) is 17.1. The van der Waals surface area contributed by atoms with Gasteiger partial charge in [-0.05, 0) is 42.8 Å². The van der Waals surface area contributed by atoms with Gasteiger partial charge in [0, 0.05) is 11.9 Å². The first-order valence-electron chi connectivity index (χ1n) is 8.37. The van der Waals surface area contributed by atoms with Crippen LogP contribution in [0.1, 0.15) is 35.1 Å². The van der Waals surface area contributed by atoms with E-state index >= 15 is 0 Å². The molecule has 3 rings (SSSR count). The average Bonchev–Trinajstić information content (AvgIpc) is 2.99. The summed E-state index contributed by atoms with van der Waals surface area (Å²) in [6.45, 7) is 1.91. The van der Waals surface area contributed by atoms with Crippen molar-refractivity contribution >= 4 is 17.2 Å². The van der Waals surface area contributed by atoms with Gasteiger partial charge in [-0.15, -0.1) is 0 Å². The van der Waals surface area contributed by atoms with Crippen LogP contribution in [0.4, 0.5) is 18.9 Å². The molecule has 1 aromatic carbocycles. The molecule has 2 aromatic heterocycles. The third-order valence-electron chi connectivity index (χ3n) is 4.07. The van der Waals surface area contributed by atoms with Crippen molar-refractivity contribution in [2.75, 3.05) is 12.4 Å². The van der Waals surface area contributed by atoms with E-state index in [1.54, 1.807) is 24.3 Å². The first-order chi connectivity index (χ1) is 12.8. The number of nitrogens with zero attached hydrogens (tertiary/aromatic N) is 2. The number of anilines is 1. The van der Waals surface area contributed by atoms with E-state index in [1.807, 2.05) is 6.92 Å². The highest BCUT2D eigenvalue weighted by atomic mass is 19.4. The Morgan fingerprint density at radius 2 is 1.89 bits per heavy atom. The molecule has 0 saturated carbocycles. The molecule has 0 radical (unpaired) electrons. The van der Waals surface area contributed by atoms with Crippen LogP contribution in [0.2, 0.25) is 0 Å². The molecule has 0 unspecified atom stereocenters. The second kappa shape index (κ2) is 7.30. The number of carbonyl (C=O) groups is 1. The van der Waals surface area contributed by atoms with E-state index in [0.717, 1.165) is 12.3 Å².